The van der Waals surface area contributed by atoms with Crippen LogP contribution >= 0.6 is 11.8 Å². The lowest BCUT2D eigenvalue weighted by atomic mass is 10.3. The van der Waals surface area contributed by atoms with E-state index in [0.29, 0.717) is 18.2 Å². The number of carboxylic acid groups (broad SMARTS) is 1. The summed E-state index contributed by atoms with van der Waals surface area (Å²) in [5.41, 5.74) is 0.871. The lowest BCUT2D eigenvalue weighted by molar-refractivity contribution is -0.133. The summed E-state index contributed by atoms with van der Waals surface area (Å²) in [5, 5.41) is 17.6. The molecule has 0 aliphatic rings. The van der Waals surface area contributed by atoms with Crippen molar-refractivity contribution < 1.29 is 14.6 Å². The van der Waals surface area contributed by atoms with Gasteiger partial charge < -0.3 is 9.84 Å². The zero-order chi connectivity index (χ0) is 15.2. The van der Waals surface area contributed by atoms with Crippen molar-refractivity contribution >= 4 is 17.7 Å². The van der Waals surface area contributed by atoms with Gasteiger partial charge in [0.15, 0.2) is 5.16 Å². The Balaban J connectivity index is 2.38. The largest absolute Gasteiger partial charge is 0.494 e. The van der Waals surface area contributed by atoms with Crippen molar-refractivity contribution in [2.24, 2.45) is 0 Å². The van der Waals surface area contributed by atoms with Crippen LogP contribution in [0.2, 0.25) is 0 Å². The number of carbonyl (C=O) groups is 1. The number of nitrogens with zero attached hydrogens (tertiary/aromatic N) is 3. The van der Waals surface area contributed by atoms with Gasteiger partial charge in [0.05, 0.1) is 18.0 Å². The fraction of sp³-hybridized carbons (Fsp3) is 0.357. The van der Waals surface area contributed by atoms with Gasteiger partial charge in [0, 0.05) is 12.5 Å². The molecule has 0 spiro atoms. The highest BCUT2D eigenvalue weighted by Crippen LogP contribution is 2.24. The molecule has 2 rings (SSSR count). The van der Waals surface area contributed by atoms with Crippen molar-refractivity contribution in [3.8, 4) is 11.4 Å². The third-order valence-corrected chi connectivity index (χ3v) is 3.64. The van der Waals surface area contributed by atoms with Crippen LogP contribution in [-0.4, -0.2) is 38.2 Å². The topological polar surface area (TPSA) is 77.2 Å². The minimum absolute atomic E-state index is 0.0486. The molecule has 2 aromatic rings. The van der Waals surface area contributed by atoms with Crippen LogP contribution in [0.15, 0.2) is 29.4 Å². The van der Waals surface area contributed by atoms with E-state index in [1.807, 2.05) is 42.7 Å². The SMILES string of the molecule is CCOc1cccc(-n2c(CC)nnc2SCC(=O)O)c1. The normalized spacial score (nSPS) is 10.6. The molecule has 0 atom stereocenters. The van der Waals surface area contributed by atoms with Gasteiger partial charge in [0.1, 0.15) is 11.6 Å². The second kappa shape index (κ2) is 7.12. The Kier molecular flexibility index (Phi) is 5.21. The van der Waals surface area contributed by atoms with E-state index >= 15 is 0 Å². The number of hydrogen-bond acceptors (Lipinski definition) is 5. The third kappa shape index (κ3) is 3.75. The molecule has 1 N–H and O–H groups in total. The monoisotopic (exact) mass is 307 g/mol. The molecule has 1 aromatic carbocycles. The molecular weight excluding hydrogens is 290 g/mol. The number of thioether (sulfide) groups is 1. The van der Waals surface area contributed by atoms with Gasteiger partial charge in [-0.2, -0.15) is 0 Å². The van der Waals surface area contributed by atoms with Crippen molar-refractivity contribution in [3.63, 3.8) is 0 Å². The molecule has 0 radical (unpaired) electrons. The van der Waals surface area contributed by atoms with Crippen molar-refractivity contribution in [3.05, 3.63) is 30.1 Å². The number of aliphatic carboxylic acids is 1. The summed E-state index contributed by atoms with van der Waals surface area (Å²) in [4.78, 5) is 10.7. The van der Waals surface area contributed by atoms with Crippen LogP contribution in [0.4, 0.5) is 0 Å². The molecule has 6 nitrogen and oxygen atoms in total. The molecule has 21 heavy (non-hydrogen) atoms. The average Bonchev–Trinajstić information content (AvgIpc) is 2.88. The van der Waals surface area contributed by atoms with Crippen LogP contribution in [0.25, 0.3) is 5.69 Å². The molecule has 0 amide bonds. The molecule has 1 heterocycles. The van der Waals surface area contributed by atoms with E-state index in [9.17, 15) is 4.79 Å². The van der Waals surface area contributed by atoms with Gasteiger partial charge in [-0.1, -0.05) is 24.8 Å². The van der Waals surface area contributed by atoms with Crippen LogP contribution < -0.4 is 4.74 Å². The average molecular weight is 307 g/mol. The van der Waals surface area contributed by atoms with Crippen LogP contribution in [-0.2, 0) is 11.2 Å². The smallest absolute Gasteiger partial charge is 0.313 e. The third-order valence-electron chi connectivity index (χ3n) is 2.73. The first-order chi connectivity index (χ1) is 10.2. The van der Waals surface area contributed by atoms with Gasteiger partial charge in [-0.3, -0.25) is 9.36 Å². The second-order valence-corrected chi connectivity index (χ2v) is 5.14. The number of carboxylic acids is 1. The van der Waals surface area contributed by atoms with Gasteiger partial charge in [0.2, 0.25) is 0 Å². The maximum Gasteiger partial charge on any atom is 0.313 e. The fourth-order valence-corrected chi connectivity index (χ4v) is 2.58. The molecule has 7 heteroatoms. The van der Waals surface area contributed by atoms with E-state index < -0.39 is 5.97 Å². The first-order valence-electron chi connectivity index (χ1n) is 6.67. The number of benzene rings is 1. The summed E-state index contributed by atoms with van der Waals surface area (Å²) in [5.74, 6) is 0.625. The zero-order valence-corrected chi connectivity index (χ0v) is 12.8. The maximum atomic E-state index is 10.7. The zero-order valence-electron chi connectivity index (χ0n) is 11.9. The number of aromatic nitrogens is 3. The predicted molar refractivity (Wildman–Crippen MR) is 80.3 cm³/mol. The van der Waals surface area contributed by atoms with Gasteiger partial charge in [-0.05, 0) is 19.1 Å². The summed E-state index contributed by atoms with van der Waals surface area (Å²) in [6.07, 6.45) is 0.708. The minimum atomic E-state index is -0.879. The van der Waals surface area contributed by atoms with E-state index in [0.717, 1.165) is 29.0 Å². The van der Waals surface area contributed by atoms with Gasteiger partial charge in [0.25, 0.3) is 0 Å². The molecular formula is C14H17N3O3S. The standard InChI is InChI=1S/C14H17N3O3S/c1-3-12-15-16-14(21-9-13(18)19)17(12)10-6-5-7-11(8-10)20-4-2/h5-8H,3-4,9H2,1-2H3,(H,18,19). The summed E-state index contributed by atoms with van der Waals surface area (Å²) in [7, 11) is 0. The second-order valence-electron chi connectivity index (χ2n) is 4.20. The summed E-state index contributed by atoms with van der Waals surface area (Å²) in [6.45, 7) is 4.50. The highest BCUT2D eigenvalue weighted by molar-refractivity contribution is 7.99. The lowest BCUT2D eigenvalue weighted by Crippen LogP contribution is -2.04. The highest BCUT2D eigenvalue weighted by atomic mass is 32.2. The Morgan fingerprint density at radius 3 is 2.86 bits per heavy atom. The number of aryl methyl sites for hydroxylation is 1. The van der Waals surface area contributed by atoms with Crippen LogP contribution in [0.3, 0.4) is 0 Å². The first kappa shape index (κ1) is 15.4. The lowest BCUT2D eigenvalue weighted by Gasteiger charge is -2.10. The molecule has 0 saturated carbocycles. The van der Waals surface area contributed by atoms with E-state index in [1.165, 1.54) is 0 Å². The molecule has 0 aliphatic carbocycles. The number of rotatable bonds is 7. The Morgan fingerprint density at radius 2 is 2.19 bits per heavy atom. The van der Waals surface area contributed by atoms with Crippen LogP contribution in [0.5, 0.6) is 5.75 Å². The Bertz CT molecular complexity index is 628. The fourth-order valence-electron chi connectivity index (χ4n) is 1.89. The molecule has 0 unspecified atom stereocenters. The Labute approximate surface area is 127 Å². The number of ether oxygens (including phenoxy) is 1. The van der Waals surface area contributed by atoms with E-state index in [1.54, 1.807) is 0 Å². The molecule has 0 saturated heterocycles. The van der Waals surface area contributed by atoms with Gasteiger partial charge >= 0.3 is 5.97 Å². The van der Waals surface area contributed by atoms with Crippen LogP contribution in [0.1, 0.15) is 19.7 Å². The van der Waals surface area contributed by atoms with Crippen molar-refractivity contribution in [2.45, 2.75) is 25.4 Å². The number of hydrogen-bond donors (Lipinski definition) is 1. The quantitative estimate of drug-likeness (QED) is 0.792. The molecule has 0 fully saturated rings. The van der Waals surface area contributed by atoms with Crippen molar-refractivity contribution in [1.29, 1.82) is 0 Å². The minimum Gasteiger partial charge on any atom is -0.494 e. The van der Waals surface area contributed by atoms with Crippen LogP contribution in [0, 0.1) is 0 Å². The van der Waals surface area contributed by atoms with Gasteiger partial charge in [-0.15, -0.1) is 10.2 Å². The molecule has 112 valence electrons. The van der Waals surface area contributed by atoms with Gasteiger partial charge in [-0.25, -0.2) is 0 Å². The maximum absolute atomic E-state index is 10.7. The first-order valence-corrected chi connectivity index (χ1v) is 7.66. The van der Waals surface area contributed by atoms with Crippen molar-refractivity contribution in [1.82, 2.24) is 14.8 Å². The highest BCUT2D eigenvalue weighted by Gasteiger charge is 2.14. The Morgan fingerprint density at radius 1 is 1.38 bits per heavy atom. The van der Waals surface area contributed by atoms with E-state index in [-0.39, 0.29) is 5.75 Å². The van der Waals surface area contributed by atoms with E-state index in [4.69, 9.17) is 9.84 Å². The summed E-state index contributed by atoms with van der Waals surface area (Å²) in [6, 6.07) is 7.60. The summed E-state index contributed by atoms with van der Waals surface area (Å²) >= 11 is 1.15. The molecule has 0 bridgehead atoms. The molecule has 1 aromatic heterocycles. The summed E-state index contributed by atoms with van der Waals surface area (Å²) < 4.78 is 7.37. The predicted octanol–water partition coefficient (Wildman–Crippen LogP) is 2.41. The van der Waals surface area contributed by atoms with E-state index in [2.05, 4.69) is 10.2 Å². The Hall–Kier alpha value is -2.02. The molecule has 0 aliphatic heterocycles. The van der Waals surface area contributed by atoms with Crippen molar-refractivity contribution in [2.75, 3.05) is 12.4 Å².